The lowest BCUT2D eigenvalue weighted by atomic mass is 10.2. The molecule has 21 heavy (non-hydrogen) atoms. The van der Waals surface area contributed by atoms with Crippen molar-refractivity contribution in [1.29, 1.82) is 0 Å². The zero-order valence-corrected chi connectivity index (χ0v) is 11.4. The summed E-state index contributed by atoms with van der Waals surface area (Å²) in [6, 6.07) is 2.20. The van der Waals surface area contributed by atoms with E-state index < -0.39 is 29.9 Å². The van der Waals surface area contributed by atoms with Crippen LogP contribution < -0.4 is 5.32 Å². The SMILES string of the molecule is COC(=O)C1CC(O)CN1C(=O)CNC(=O)c1ccco1. The van der Waals surface area contributed by atoms with Gasteiger partial charge >= 0.3 is 5.97 Å². The molecule has 0 radical (unpaired) electrons. The molecule has 1 saturated heterocycles. The van der Waals surface area contributed by atoms with Crippen LogP contribution in [0.5, 0.6) is 0 Å². The normalized spacial score (nSPS) is 21.1. The number of carbonyl (C=O) groups excluding carboxylic acids is 3. The molecule has 1 aromatic heterocycles. The van der Waals surface area contributed by atoms with Gasteiger partial charge in [0, 0.05) is 13.0 Å². The molecule has 0 aliphatic carbocycles. The fourth-order valence-corrected chi connectivity index (χ4v) is 2.20. The number of likely N-dealkylation sites (tertiary alicyclic amines) is 1. The van der Waals surface area contributed by atoms with Crippen molar-refractivity contribution in [3.63, 3.8) is 0 Å². The Morgan fingerprint density at radius 3 is 2.90 bits per heavy atom. The minimum absolute atomic E-state index is 0.0369. The highest BCUT2D eigenvalue weighted by atomic mass is 16.5. The van der Waals surface area contributed by atoms with E-state index in [-0.39, 0.29) is 25.3 Å². The van der Waals surface area contributed by atoms with Crippen molar-refractivity contribution >= 4 is 17.8 Å². The summed E-state index contributed by atoms with van der Waals surface area (Å²) >= 11 is 0. The highest BCUT2D eigenvalue weighted by Gasteiger charge is 2.39. The van der Waals surface area contributed by atoms with Crippen molar-refractivity contribution in [3.8, 4) is 0 Å². The van der Waals surface area contributed by atoms with Gasteiger partial charge in [-0.2, -0.15) is 0 Å². The molecule has 0 spiro atoms. The monoisotopic (exact) mass is 296 g/mol. The van der Waals surface area contributed by atoms with Gasteiger partial charge in [0.05, 0.1) is 26.0 Å². The molecule has 2 amide bonds. The zero-order valence-electron chi connectivity index (χ0n) is 11.4. The Morgan fingerprint density at radius 1 is 1.52 bits per heavy atom. The van der Waals surface area contributed by atoms with E-state index in [1.807, 2.05) is 0 Å². The first-order chi connectivity index (χ1) is 10.0. The van der Waals surface area contributed by atoms with E-state index in [9.17, 15) is 19.5 Å². The van der Waals surface area contributed by atoms with Crippen LogP contribution in [0.15, 0.2) is 22.8 Å². The van der Waals surface area contributed by atoms with Gasteiger partial charge in [0.2, 0.25) is 5.91 Å². The Balaban J connectivity index is 1.93. The molecule has 0 saturated carbocycles. The quantitative estimate of drug-likeness (QED) is 0.700. The molecule has 1 aliphatic rings. The van der Waals surface area contributed by atoms with E-state index in [0.717, 1.165) is 0 Å². The predicted octanol–water partition coefficient (Wildman–Crippen LogP) is -0.856. The molecule has 8 nitrogen and oxygen atoms in total. The van der Waals surface area contributed by atoms with Gasteiger partial charge in [-0.05, 0) is 12.1 Å². The summed E-state index contributed by atoms with van der Waals surface area (Å²) in [6.45, 7) is -0.255. The molecule has 0 aromatic carbocycles. The number of β-amino-alcohol motifs (C(OH)–C–C–N with tert-alkyl or cyclic N) is 1. The number of furan rings is 1. The number of nitrogens with zero attached hydrogens (tertiary/aromatic N) is 1. The van der Waals surface area contributed by atoms with Crippen molar-refractivity contribution in [2.75, 3.05) is 20.2 Å². The van der Waals surface area contributed by atoms with E-state index in [0.29, 0.717) is 0 Å². The first-order valence-corrected chi connectivity index (χ1v) is 6.40. The van der Waals surface area contributed by atoms with Gasteiger partial charge in [-0.1, -0.05) is 0 Å². The highest BCUT2D eigenvalue weighted by molar-refractivity contribution is 5.95. The first-order valence-electron chi connectivity index (χ1n) is 6.40. The Labute approximate surface area is 120 Å². The average molecular weight is 296 g/mol. The zero-order chi connectivity index (χ0) is 15.4. The van der Waals surface area contributed by atoms with Crippen molar-refractivity contribution in [2.24, 2.45) is 0 Å². The maximum absolute atomic E-state index is 12.1. The molecule has 1 aromatic rings. The minimum Gasteiger partial charge on any atom is -0.467 e. The van der Waals surface area contributed by atoms with Crippen LogP contribution in [0.25, 0.3) is 0 Å². The topological polar surface area (TPSA) is 109 Å². The second kappa shape index (κ2) is 6.40. The van der Waals surface area contributed by atoms with E-state index >= 15 is 0 Å². The van der Waals surface area contributed by atoms with Gasteiger partial charge in [-0.25, -0.2) is 4.79 Å². The molecule has 2 rings (SSSR count). The fraction of sp³-hybridized carbons (Fsp3) is 0.462. The number of carbonyl (C=O) groups is 3. The van der Waals surface area contributed by atoms with Gasteiger partial charge in [-0.15, -0.1) is 0 Å². The second-order valence-corrected chi connectivity index (χ2v) is 4.63. The number of methoxy groups -OCH3 is 1. The first kappa shape index (κ1) is 15.0. The standard InChI is InChI=1S/C13H16N2O6/c1-20-13(19)9-5-8(16)7-15(9)11(17)6-14-12(18)10-3-2-4-21-10/h2-4,8-9,16H,5-7H2,1H3,(H,14,18). The third-order valence-corrected chi connectivity index (χ3v) is 3.22. The third-order valence-electron chi connectivity index (χ3n) is 3.22. The van der Waals surface area contributed by atoms with Crippen LogP contribution in [0.2, 0.25) is 0 Å². The summed E-state index contributed by atoms with van der Waals surface area (Å²) in [5, 5.41) is 12.0. The largest absolute Gasteiger partial charge is 0.467 e. The Hall–Kier alpha value is -2.35. The molecule has 2 N–H and O–H groups in total. The summed E-state index contributed by atoms with van der Waals surface area (Å²) < 4.78 is 9.50. The van der Waals surface area contributed by atoms with E-state index in [1.54, 1.807) is 6.07 Å². The summed E-state index contributed by atoms with van der Waals surface area (Å²) in [7, 11) is 1.22. The van der Waals surface area contributed by atoms with E-state index in [2.05, 4.69) is 10.1 Å². The van der Waals surface area contributed by atoms with Crippen LogP contribution in [0.4, 0.5) is 0 Å². The number of rotatable bonds is 4. The van der Waals surface area contributed by atoms with Crippen LogP contribution >= 0.6 is 0 Å². The van der Waals surface area contributed by atoms with Crippen LogP contribution in [-0.4, -0.2) is 60.1 Å². The number of aliphatic hydroxyl groups excluding tert-OH is 1. The van der Waals surface area contributed by atoms with Gasteiger partial charge in [0.25, 0.3) is 5.91 Å². The van der Waals surface area contributed by atoms with Gasteiger partial charge < -0.3 is 24.5 Å². The summed E-state index contributed by atoms with van der Waals surface area (Å²) in [5.41, 5.74) is 0. The van der Waals surface area contributed by atoms with Gasteiger partial charge in [-0.3, -0.25) is 9.59 Å². The molecule has 8 heteroatoms. The molecule has 2 unspecified atom stereocenters. The molecule has 0 bridgehead atoms. The van der Waals surface area contributed by atoms with Crippen molar-refractivity contribution < 1.29 is 28.6 Å². The molecule has 1 fully saturated rings. The van der Waals surface area contributed by atoms with Gasteiger partial charge in [0.15, 0.2) is 5.76 Å². The van der Waals surface area contributed by atoms with Crippen LogP contribution in [0.3, 0.4) is 0 Å². The van der Waals surface area contributed by atoms with E-state index in [1.165, 1.54) is 24.3 Å². The Morgan fingerprint density at radius 2 is 2.29 bits per heavy atom. The fourth-order valence-electron chi connectivity index (χ4n) is 2.20. The number of ether oxygens (including phenoxy) is 1. The summed E-state index contributed by atoms with van der Waals surface area (Å²) in [4.78, 5) is 36.5. The number of hydrogen-bond donors (Lipinski definition) is 2. The maximum atomic E-state index is 12.1. The molecule has 2 heterocycles. The molecular formula is C13H16N2O6. The van der Waals surface area contributed by atoms with Crippen molar-refractivity contribution in [2.45, 2.75) is 18.6 Å². The number of esters is 1. The maximum Gasteiger partial charge on any atom is 0.328 e. The third kappa shape index (κ3) is 3.40. The lowest BCUT2D eigenvalue weighted by Gasteiger charge is -2.22. The average Bonchev–Trinajstić information content (AvgIpc) is 3.12. The predicted molar refractivity (Wildman–Crippen MR) is 69.2 cm³/mol. The van der Waals surface area contributed by atoms with Crippen LogP contribution in [0, 0.1) is 0 Å². The second-order valence-electron chi connectivity index (χ2n) is 4.63. The van der Waals surface area contributed by atoms with Crippen LogP contribution in [-0.2, 0) is 14.3 Å². The Kier molecular flexibility index (Phi) is 4.59. The van der Waals surface area contributed by atoms with Crippen molar-refractivity contribution in [3.05, 3.63) is 24.2 Å². The smallest absolute Gasteiger partial charge is 0.328 e. The van der Waals surface area contributed by atoms with E-state index in [4.69, 9.17) is 4.42 Å². The summed E-state index contributed by atoms with van der Waals surface area (Å²) in [6.07, 6.45) is 0.699. The molecule has 2 atom stereocenters. The Bertz CT molecular complexity index is 527. The number of aliphatic hydroxyl groups is 1. The minimum atomic E-state index is -0.821. The highest BCUT2D eigenvalue weighted by Crippen LogP contribution is 2.19. The van der Waals surface area contributed by atoms with Crippen molar-refractivity contribution in [1.82, 2.24) is 10.2 Å². The lowest BCUT2D eigenvalue weighted by molar-refractivity contribution is -0.150. The number of nitrogens with one attached hydrogen (secondary N) is 1. The van der Waals surface area contributed by atoms with Gasteiger partial charge in [0.1, 0.15) is 6.04 Å². The lowest BCUT2D eigenvalue weighted by Crippen LogP contribution is -2.46. The molecular weight excluding hydrogens is 280 g/mol. The summed E-state index contributed by atoms with van der Waals surface area (Å²) in [5.74, 6) is -1.49. The number of amides is 2. The molecule has 114 valence electrons. The number of hydrogen-bond acceptors (Lipinski definition) is 6. The van der Waals surface area contributed by atoms with Crippen LogP contribution in [0.1, 0.15) is 17.0 Å². The molecule has 1 aliphatic heterocycles.